The molecule has 4 heteroatoms. The normalized spacial score (nSPS) is 14.3. The lowest BCUT2D eigenvalue weighted by Gasteiger charge is -2.15. The maximum atomic E-state index is 5.86. The molecule has 2 aromatic carbocycles. The van der Waals surface area contributed by atoms with Gasteiger partial charge in [-0.2, -0.15) is 0 Å². The second kappa shape index (κ2) is 12.8. The Morgan fingerprint density at radius 1 is 0.958 bits per heavy atom. The van der Waals surface area contributed by atoms with Crippen molar-refractivity contribution in [3.63, 3.8) is 0 Å². The highest BCUT2D eigenvalue weighted by atomic mass is 35.5. The molecule has 2 N–H and O–H groups in total. The summed E-state index contributed by atoms with van der Waals surface area (Å²) in [4.78, 5) is 0. The zero-order valence-corrected chi connectivity index (χ0v) is 15.6. The molecule has 132 valence electrons. The van der Waals surface area contributed by atoms with Crippen molar-refractivity contribution >= 4 is 17.3 Å². The van der Waals surface area contributed by atoms with Crippen LogP contribution in [0.25, 0.3) is 0 Å². The average molecular weight is 349 g/mol. The number of benzene rings is 2. The zero-order chi connectivity index (χ0) is 17.6. The number of morpholine rings is 1. The van der Waals surface area contributed by atoms with E-state index in [9.17, 15) is 0 Å². The molecule has 1 aliphatic rings. The van der Waals surface area contributed by atoms with Gasteiger partial charge in [0.2, 0.25) is 0 Å². The molecule has 0 spiro atoms. The number of halogens is 1. The third-order valence-corrected chi connectivity index (χ3v) is 3.63. The molecule has 0 bridgehead atoms. The van der Waals surface area contributed by atoms with Crippen LogP contribution in [0.5, 0.6) is 0 Å². The Morgan fingerprint density at radius 3 is 2.00 bits per heavy atom. The molecule has 1 aliphatic heterocycles. The summed E-state index contributed by atoms with van der Waals surface area (Å²) in [6.45, 7) is 9.97. The minimum Gasteiger partial charge on any atom is -0.379 e. The highest BCUT2D eigenvalue weighted by Crippen LogP contribution is 2.20. The maximum absolute atomic E-state index is 5.86. The minimum absolute atomic E-state index is 0.277. The Hall–Kier alpha value is -1.55. The van der Waals surface area contributed by atoms with Crippen molar-refractivity contribution in [2.24, 2.45) is 0 Å². The third-order valence-electron chi connectivity index (χ3n) is 3.37. The molecule has 0 aliphatic carbocycles. The largest absolute Gasteiger partial charge is 0.379 e. The van der Waals surface area contributed by atoms with Crippen molar-refractivity contribution < 1.29 is 4.74 Å². The molecule has 0 saturated carbocycles. The lowest BCUT2D eigenvalue weighted by molar-refractivity contribution is 0.109. The van der Waals surface area contributed by atoms with Crippen molar-refractivity contribution in [3.05, 3.63) is 65.2 Å². The van der Waals surface area contributed by atoms with Crippen LogP contribution in [-0.4, -0.2) is 26.3 Å². The number of rotatable bonds is 3. The van der Waals surface area contributed by atoms with Crippen LogP contribution in [-0.2, 0) is 4.74 Å². The molecular formula is C20H29ClN2O. The van der Waals surface area contributed by atoms with Gasteiger partial charge in [-0.15, -0.1) is 0 Å². The topological polar surface area (TPSA) is 33.3 Å². The van der Waals surface area contributed by atoms with Crippen molar-refractivity contribution in [1.29, 1.82) is 0 Å². The second-order valence-corrected chi connectivity index (χ2v) is 5.58. The fourth-order valence-corrected chi connectivity index (χ4v) is 2.26. The Labute approximate surface area is 151 Å². The number of para-hydroxylation sites is 1. The summed E-state index contributed by atoms with van der Waals surface area (Å²) in [5.41, 5.74) is 2.36. The Bertz CT molecular complexity index is 516. The first-order valence-corrected chi connectivity index (χ1v) is 8.99. The summed E-state index contributed by atoms with van der Waals surface area (Å²) >= 11 is 5.86. The van der Waals surface area contributed by atoms with Crippen LogP contribution in [0.2, 0.25) is 5.02 Å². The van der Waals surface area contributed by atoms with Crippen LogP contribution in [0.4, 0.5) is 5.69 Å². The Morgan fingerprint density at radius 2 is 1.54 bits per heavy atom. The zero-order valence-electron chi connectivity index (χ0n) is 14.9. The summed E-state index contributed by atoms with van der Waals surface area (Å²) in [6, 6.07) is 18.4. The van der Waals surface area contributed by atoms with E-state index >= 15 is 0 Å². The van der Waals surface area contributed by atoms with Crippen LogP contribution in [0.15, 0.2) is 54.6 Å². The van der Waals surface area contributed by atoms with E-state index in [2.05, 4.69) is 29.7 Å². The molecule has 1 heterocycles. The van der Waals surface area contributed by atoms with Gasteiger partial charge in [-0.25, -0.2) is 0 Å². The fourth-order valence-electron chi connectivity index (χ4n) is 2.13. The fraction of sp³-hybridized carbons (Fsp3) is 0.400. The van der Waals surface area contributed by atoms with E-state index in [1.807, 2.05) is 56.3 Å². The van der Waals surface area contributed by atoms with Crippen LogP contribution in [0, 0.1) is 0 Å². The second-order valence-electron chi connectivity index (χ2n) is 5.15. The van der Waals surface area contributed by atoms with Gasteiger partial charge in [0.05, 0.1) is 13.2 Å². The molecule has 1 fully saturated rings. The smallest absolute Gasteiger partial charge is 0.0591 e. The molecule has 24 heavy (non-hydrogen) atoms. The quantitative estimate of drug-likeness (QED) is 0.805. The highest BCUT2D eigenvalue weighted by Gasteiger charge is 2.04. The lowest BCUT2D eigenvalue weighted by atomic mass is 10.1. The van der Waals surface area contributed by atoms with E-state index in [0.717, 1.165) is 37.0 Å². The van der Waals surface area contributed by atoms with E-state index in [0.29, 0.717) is 0 Å². The van der Waals surface area contributed by atoms with Gasteiger partial charge in [-0.05, 0) is 36.8 Å². The lowest BCUT2D eigenvalue weighted by Crippen LogP contribution is -2.30. The van der Waals surface area contributed by atoms with Gasteiger partial charge in [0, 0.05) is 29.8 Å². The molecule has 1 unspecified atom stereocenters. The van der Waals surface area contributed by atoms with Crippen molar-refractivity contribution in [2.45, 2.75) is 26.8 Å². The molecule has 0 aromatic heterocycles. The number of anilines is 1. The highest BCUT2D eigenvalue weighted by molar-refractivity contribution is 6.30. The first kappa shape index (κ1) is 20.5. The van der Waals surface area contributed by atoms with Gasteiger partial charge in [0.1, 0.15) is 0 Å². The monoisotopic (exact) mass is 348 g/mol. The number of hydrogen-bond acceptors (Lipinski definition) is 3. The Kier molecular flexibility index (Phi) is 10.9. The van der Waals surface area contributed by atoms with Crippen LogP contribution in [0.1, 0.15) is 32.4 Å². The third kappa shape index (κ3) is 8.34. The van der Waals surface area contributed by atoms with Crippen molar-refractivity contribution in [2.75, 3.05) is 31.6 Å². The van der Waals surface area contributed by atoms with Crippen molar-refractivity contribution in [3.8, 4) is 0 Å². The van der Waals surface area contributed by atoms with Crippen LogP contribution >= 0.6 is 11.6 Å². The summed E-state index contributed by atoms with van der Waals surface area (Å²) in [6.07, 6.45) is 0. The molecule has 0 amide bonds. The standard InChI is InChI=1S/C14H14ClN.C4H9NO.C2H6/c1-11(12-7-9-13(15)10-8-12)16-14-5-3-2-4-6-14;1-3-6-4-2-5-1;1-2/h2-11,16H,1H3;5H,1-4H2;1-2H3. The number of ether oxygens (including phenoxy) is 1. The molecule has 3 nitrogen and oxygen atoms in total. The first-order valence-electron chi connectivity index (χ1n) is 8.61. The van der Waals surface area contributed by atoms with E-state index < -0.39 is 0 Å². The summed E-state index contributed by atoms with van der Waals surface area (Å²) in [5.74, 6) is 0. The maximum Gasteiger partial charge on any atom is 0.0591 e. The van der Waals surface area contributed by atoms with Crippen LogP contribution < -0.4 is 10.6 Å². The van der Waals surface area contributed by atoms with E-state index in [1.165, 1.54) is 5.56 Å². The molecule has 0 radical (unpaired) electrons. The van der Waals surface area contributed by atoms with Gasteiger partial charge in [-0.3, -0.25) is 0 Å². The van der Waals surface area contributed by atoms with Gasteiger partial charge < -0.3 is 15.4 Å². The predicted octanol–water partition coefficient (Wildman–Crippen LogP) is 5.15. The summed E-state index contributed by atoms with van der Waals surface area (Å²) in [5, 5.41) is 7.37. The minimum atomic E-state index is 0.277. The molecule has 3 rings (SSSR count). The van der Waals surface area contributed by atoms with E-state index in [-0.39, 0.29) is 6.04 Å². The first-order chi connectivity index (χ1) is 11.8. The van der Waals surface area contributed by atoms with Gasteiger partial charge in [-0.1, -0.05) is 55.8 Å². The summed E-state index contributed by atoms with van der Waals surface area (Å²) in [7, 11) is 0. The molecule has 1 atom stereocenters. The van der Waals surface area contributed by atoms with Gasteiger partial charge in [0.15, 0.2) is 0 Å². The Balaban J connectivity index is 0.000000300. The number of hydrogen-bond donors (Lipinski definition) is 2. The average Bonchev–Trinajstić information content (AvgIpc) is 2.67. The van der Waals surface area contributed by atoms with Gasteiger partial charge in [0.25, 0.3) is 0 Å². The SMILES string of the molecule is C1COCCN1.CC.CC(Nc1ccccc1)c1ccc(Cl)cc1. The molecule has 2 aromatic rings. The number of nitrogens with one attached hydrogen (secondary N) is 2. The summed E-state index contributed by atoms with van der Waals surface area (Å²) < 4.78 is 5.01. The van der Waals surface area contributed by atoms with Crippen LogP contribution in [0.3, 0.4) is 0 Å². The molecule has 1 saturated heterocycles. The molecular weight excluding hydrogens is 320 g/mol. The predicted molar refractivity (Wildman–Crippen MR) is 105 cm³/mol. The van der Waals surface area contributed by atoms with Gasteiger partial charge >= 0.3 is 0 Å². The van der Waals surface area contributed by atoms with E-state index in [4.69, 9.17) is 16.3 Å². The van der Waals surface area contributed by atoms with E-state index in [1.54, 1.807) is 0 Å². The van der Waals surface area contributed by atoms with Crippen molar-refractivity contribution in [1.82, 2.24) is 5.32 Å².